The Morgan fingerprint density at radius 2 is 1.20 bits per heavy atom. The van der Waals surface area contributed by atoms with Crippen molar-refractivity contribution in [1.82, 2.24) is 19.5 Å². The number of benzene rings is 8. The molecule has 3 heterocycles. The molecule has 1 fully saturated rings. The molecule has 0 amide bonds. The molecular formula is C42H29N5O4. The Balaban J connectivity index is 1.16. The number of aromatic nitrogens is 4. The first-order valence-electron chi connectivity index (χ1n) is 17.0. The molecule has 8 aromatic carbocycles. The minimum atomic E-state index is -1.35. The molecule has 10 aromatic rings. The van der Waals surface area contributed by atoms with E-state index in [2.05, 4.69) is 118 Å². The molecule has 2 aromatic heterocycles. The average molecular weight is 668 g/mol. The predicted octanol–water partition coefficient (Wildman–Crippen LogP) is 7.64. The van der Waals surface area contributed by atoms with E-state index < -0.39 is 31.1 Å². The first-order chi connectivity index (χ1) is 25.1. The third-order valence-electron chi connectivity index (χ3n) is 10.8. The largest absolute Gasteiger partial charge is 0.394 e. The van der Waals surface area contributed by atoms with E-state index in [4.69, 9.17) is 9.72 Å². The summed E-state index contributed by atoms with van der Waals surface area (Å²) in [7, 11) is 0. The van der Waals surface area contributed by atoms with Crippen LogP contribution in [0.15, 0.2) is 116 Å². The van der Waals surface area contributed by atoms with Crippen molar-refractivity contribution in [3.05, 3.63) is 116 Å². The Hall–Kier alpha value is -5.97. The Morgan fingerprint density at radius 1 is 0.627 bits per heavy atom. The highest BCUT2D eigenvalue weighted by atomic mass is 16.6. The van der Waals surface area contributed by atoms with Gasteiger partial charge in [-0.05, 0) is 65.3 Å². The lowest BCUT2D eigenvalue weighted by Gasteiger charge is -2.20. The van der Waals surface area contributed by atoms with Crippen LogP contribution in [0, 0.1) is 0 Å². The maximum absolute atomic E-state index is 11.4. The lowest BCUT2D eigenvalue weighted by atomic mass is 9.92. The summed E-state index contributed by atoms with van der Waals surface area (Å²) >= 11 is 0. The zero-order valence-corrected chi connectivity index (χ0v) is 27.0. The van der Waals surface area contributed by atoms with Gasteiger partial charge < -0.3 is 25.4 Å². The first-order valence-corrected chi connectivity index (χ1v) is 17.0. The van der Waals surface area contributed by atoms with E-state index in [1.54, 1.807) is 4.57 Å². The second kappa shape index (κ2) is 10.5. The number of aliphatic hydroxyl groups is 3. The lowest BCUT2D eigenvalue weighted by molar-refractivity contribution is -0.0503. The molecule has 4 unspecified atom stereocenters. The van der Waals surface area contributed by atoms with Crippen molar-refractivity contribution in [2.45, 2.75) is 24.5 Å². The van der Waals surface area contributed by atoms with Crippen LogP contribution in [-0.2, 0) is 4.74 Å². The fraction of sp³-hybridized carbons (Fsp3) is 0.119. The SMILES string of the molecule is OCC1OC(n2c(-c3ccc4ccc5cccc6ccc3c4c56)nc3c(Nc4ccc5ccc6cccc7ccc4c5c67)ncnc32)C(O)C1O. The van der Waals surface area contributed by atoms with E-state index in [0.717, 1.165) is 49.0 Å². The fourth-order valence-electron chi connectivity index (χ4n) is 8.43. The second-order valence-corrected chi connectivity index (χ2v) is 13.5. The molecule has 1 aliphatic rings. The standard InChI is InChI=1S/C42H29N5O4/c48-19-31-37(49)38(50)42(51-31)47-40(28-16-12-25-9-7-21-3-1-5-23-11-15-27(28)34(25)32(21)23)46-36-39(43-20-44-41(36)47)45-30-18-14-26-10-8-22-4-2-6-24-13-17-29(30)35(26)33(22)24/h1-18,20,31,37-38,42,48-50H,19H2,(H,43,44,45). The van der Waals surface area contributed by atoms with Crippen LogP contribution < -0.4 is 5.32 Å². The van der Waals surface area contributed by atoms with E-state index in [1.807, 2.05) is 6.07 Å². The van der Waals surface area contributed by atoms with Crippen molar-refractivity contribution in [3.8, 4) is 11.4 Å². The van der Waals surface area contributed by atoms with E-state index >= 15 is 0 Å². The van der Waals surface area contributed by atoms with E-state index in [0.29, 0.717) is 22.8 Å². The van der Waals surface area contributed by atoms with E-state index in [1.165, 1.54) is 33.3 Å². The maximum atomic E-state index is 11.4. The maximum Gasteiger partial charge on any atom is 0.168 e. The summed E-state index contributed by atoms with van der Waals surface area (Å²) in [5, 5.41) is 49.4. The Kier molecular flexibility index (Phi) is 5.95. The average Bonchev–Trinajstić information content (AvgIpc) is 3.69. The normalized spacial score (nSPS) is 19.7. The number of hydrogen-bond acceptors (Lipinski definition) is 8. The van der Waals surface area contributed by atoms with Crippen LogP contribution in [0.5, 0.6) is 0 Å². The van der Waals surface area contributed by atoms with Crippen molar-refractivity contribution in [2.24, 2.45) is 0 Å². The number of imidazole rings is 1. The molecule has 0 spiro atoms. The Bertz CT molecular complexity index is 2960. The molecule has 4 atom stereocenters. The molecule has 0 saturated carbocycles. The summed E-state index contributed by atoms with van der Waals surface area (Å²) in [5.41, 5.74) is 2.57. The molecule has 9 nitrogen and oxygen atoms in total. The number of fused-ring (bicyclic) bond motifs is 1. The van der Waals surface area contributed by atoms with E-state index in [9.17, 15) is 15.3 Å². The third kappa shape index (κ3) is 3.97. The number of rotatable bonds is 5. The number of ether oxygens (including phenoxy) is 1. The van der Waals surface area contributed by atoms with Crippen molar-refractivity contribution in [2.75, 3.05) is 11.9 Å². The molecule has 51 heavy (non-hydrogen) atoms. The van der Waals surface area contributed by atoms with Crippen LogP contribution in [0.3, 0.4) is 0 Å². The van der Waals surface area contributed by atoms with Gasteiger partial charge in [-0.15, -0.1) is 0 Å². The number of nitrogens with zero attached hydrogens (tertiary/aromatic N) is 4. The summed E-state index contributed by atoms with van der Waals surface area (Å²) in [6.45, 7) is -0.453. The van der Waals surface area contributed by atoms with Crippen LogP contribution in [-0.4, -0.2) is 59.8 Å². The summed E-state index contributed by atoms with van der Waals surface area (Å²) in [6.07, 6.45) is -3.24. The number of hydrogen-bond donors (Lipinski definition) is 4. The van der Waals surface area contributed by atoms with Crippen LogP contribution in [0.2, 0.25) is 0 Å². The smallest absolute Gasteiger partial charge is 0.168 e. The fourth-order valence-corrected chi connectivity index (χ4v) is 8.43. The van der Waals surface area contributed by atoms with Gasteiger partial charge in [-0.2, -0.15) is 0 Å². The van der Waals surface area contributed by atoms with Gasteiger partial charge in [0.15, 0.2) is 23.2 Å². The Labute approximate surface area is 289 Å². The summed E-state index contributed by atoms with van der Waals surface area (Å²) in [4.78, 5) is 14.6. The highest BCUT2D eigenvalue weighted by Crippen LogP contribution is 2.44. The van der Waals surface area contributed by atoms with Crippen LogP contribution >= 0.6 is 0 Å². The Morgan fingerprint density at radius 3 is 1.84 bits per heavy atom. The molecule has 1 saturated heterocycles. The molecule has 1 aliphatic heterocycles. The third-order valence-corrected chi connectivity index (χ3v) is 10.8. The van der Waals surface area contributed by atoms with E-state index in [-0.39, 0.29) is 0 Å². The highest BCUT2D eigenvalue weighted by molar-refractivity contribution is 6.26. The molecule has 0 bridgehead atoms. The zero-order valence-electron chi connectivity index (χ0n) is 27.0. The predicted molar refractivity (Wildman–Crippen MR) is 201 cm³/mol. The molecule has 11 rings (SSSR count). The van der Waals surface area contributed by atoms with Gasteiger partial charge in [-0.3, -0.25) is 4.57 Å². The van der Waals surface area contributed by atoms with Crippen LogP contribution in [0.4, 0.5) is 11.5 Å². The molecule has 0 radical (unpaired) electrons. The number of anilines is 2. The van der Waals surface area contributed by atoms with Gasteiger partial charge in [0.1, 0.15) is 30.5 Å². The van der Waals surface area contributed by atoms with Crippen LogP contribution in [0.1, 0.15) is 6.23 Å². The van der Waals surface area contributed by atoms with Gasteiger partial charge in [-0.1, -0.05) is 103 Å². The van der Waals surface area contributed by atoms with Gasteiger partial charge in [0, 0.05) is 16.6 Å². The minimum absolute atomic E-state index is 0.417. The highest BCUT2D eigenvalue weighted by Gasteiger charge is 2.45. The summed E-state index contributed by atoms with van der Waals surface area (Å²) in [5.74, 6) is 0.983. The monoisotopic (exact) mass is 667 g/mol. The summed E-state index contributed by atoms with van der Waals surface area (Å²) in [6, 6.07) is 38.1. The number of aliphatic hydroxyl groups excluding tert-OH is 3. The van der Waals surface area contributed by atoms with Gasteiger partial charge >= 0.3 is 0 Å². The zero-order chi connectivity index (χ0) is 34.0. The second-order valence-electron chi connectivity index (χ2n) is 13.5. The van der Waals surface area contributed by atoms with Crippen LogP contribution in [0.25, 0.3) is 87.2 Å². The topological polar surface area (TPSA) is 126 Å². The van der Waals surface area contributed by atoms with Crippen molar-refractivity contribution in [3.63, 3.8) is 0 Å². The van der Waals surface area contributed by atoms with Crippen molar-refractivity contribution >= 4 is 87.3 Å². The van der Waals surface area contributed by atoms with Gasteiger partial charge in [0.2, 0.25) is 0 Å². The van der Waals surface area contributed by atoms with Gasteiger partial charge in [-0.25, -0.2) is 15.0 Å². The number of nitrogens with one attached hydrogen (secondary N) is 1. The first kappa shape index (κ1) is 28.8. The molecule has 9 heteroatoms. The minimum Gasteiger partial charge on any atom is -0.394 e. The molecular weight excluding hydrogens is 638 g/mol. The molecule has 4 N–H and O–H groups in total. The lowest BCUT2D eigenvalue weighted by Crippen LogP contribution is -2.33. The quantitative estimate of drug-likeness (QED) is 0.138. The van der Waals surface area contributed by atoms with Gasteiger partial charge in [0.25, 0.3) is 0 Å². The molecule has 0 aliphatic carbocycles. The summed E-state index contributed by atoms with van der Waals surface area (Å²) < 4.78 is 7.89. The van der Waals surface area contributed by atoms with Gasteiger partial charge in [0.05, 0.1) is 6.61 Å². The molecule has 246 valence electrons. The van der Waals surface area contributed by atoms with Crippen molar-refractivity contribution in [1.29, 1.82) is 0 Å². The van der Waals surface area contributed by atoms with Crippen molar-refractivity contribution < 1.29 is 20.1 Å².